The Bertz CT molecular complexity index is 648. The van der Waals surface area contributed by atoms with E-state index in [0.717, 1.165) is 0 Å². The number of rotatable bonds is 4. The minimum atomic E-state index is -1.17. The number of ether oxygens (including phenoxy) is 1. The number of nitrogens with one attached hydrogen (secondary N) is 1. The van der Waals surface area contributed by atoms with Gasteiger partial charge in [-0.1, -0.05) is 6.07 Å². The maximum absolute atomic E-state index is 11.5. The molecule has 2 aromatic rings. The van der Waals surface area contributed by atoms with Crippen LogP contribution in [0.1, 0.15) is 32.6 Å². The first-order valence-corrected chi connectivity index (χ1v) is 7.03. The molecule has 3 N–H and O–H groups in total. The fourth-order valence-electron chi connectivity index (χ4n) is 1.98. The van der Waals surface area contributed by atoms with Crippen molar-refractivity contribution < 1.29 is 19.7 Å². The number of carbonyl (C=O) groups is 1. The molecule has 0 aromatic carbocycles. The monoisotopic (exact) mass is 307 g/mol. The van der Waals surface area contributed by atoms with Gasteiger partial charge in [-0.2, -0.15) is 0 Å². The molecule has 0 saturated carbocycles. The average Bonchev–Trinajstić information content (AvgIpc) is 2.86. The number of carbonyl (C=O) groups excluding carboxylic acids is 1. The third-order valence-corrected chi connectivity index (χ3v) is 2.97. The van der Waals surface area contributed by atoms with E-state index in [9.17, 15) is 15.0 Å². The second-order valence-electron chi connectivity index (χ2n) is 6.01. The molecule has 0 radical (unpaired) electrons. The summed E-state index contributed by atoms with van der Waals surface area (Å²) in [4.78, 5) is 15.7. The average molecular weight is 307 g/mol. The van der Waals surface area contributed by atoms with Crippen LogP contribution in [-0.2, 0) is 4.74 Å². The Morgan fingerprint density at radius 1 is 1.41 bits per heavy atom. The Labute approximate surface area is 128 Å². The molecule has 0 bridgehead atoms. The van der Waals surface area contributed by atoms with E-state index >= 15 is 0 Å². The van der Waals surface area contributed by atoms with E-state index in [0.29, 0.717) is 11.3 Å². The van der Waals surface area contributed by atoms with Gasteiger partial charge in [0.05, 0.1) is 11.9 Å². The van der Waals surface area contributed by atoms with Crippen LogP contribution in [-0.4, -0.2) is 43.9 Å². The number of alkyl carbamates (subject to hydrolysis) is 1. The first kappa shape index (κ1) is 16.3. The Hall–Kier alpha value is -2.12. The molecule has 0 aliphatic rings. The van der Waals surface area contributed by atoms with Crippen molar-refractivity contribution in [2.24, 2.45) is 0 Å². The minimum absolute atomic E-state index is 0.129. The van der Waals surface area contributed by atoms with Gasteiger partial charge in [-0.15, -0.1) is 0 Å². The largest absolute Gasteiger partial charge is 0.444 e. The zero-order valence-corrected chi connectivity index (χ0v) is 12.9. The summed E-state index contributed by atoms with van der Waals surface area (Å²) in [7, 11) is 0. The van der Waals surface area contributed by atoms with Crippen LogP contribution in [0.2, 0.25) is 0 Å². The summed E-state index contributed by atoms with van der Waals surface area (Å²) in [6.07, 6.45) is 0.253. The molecule has 0 spiro atoms. The van der Waals surface area contributed by atoms with Crippen LogP contribution in [0, 0.1) is 0 Å². The summed E-state index contributed by atoms with van der Waals surface area (Å²) >= 11 is 0. The highest BCUT2D eigenvalue weighted by atomic mass is 16.6. The molecule has 0 saturated heterocycles. The highest BCUT2D eigenvalue weighted by Gasteiger charge is 2.23. The highest BCUT2D eigenvalue weighted by molar-refractivity contribution is 5.67. The van der Waals surface area contributed by atoms with Crippen LogP contribution in [0.15, 0.2) is 30.6 Å². The lowest BCUT2D eigenvalue weighted by atomic mass is 10.1. The second kappa shape index (κ2) is 6.33. The summed E-state index contributed by atoms with van der Waals surface area (Å²) in [6, 6.07) is 5.43. The number of hydrogen-bond donors (Lipinski definition) is 3. The van der Waals surface area contributed by atoms with Crippen LogP contribution >= 0.6 is 0 Å². The van der Waals surface area contributed by atoms with Gasteiger partial charge in [-0.05, 0) is 32.9 Å². The van der Waals surface area contributed by atoms with Crippen LogP contribution in [0.4, 0.5) is 4.79 Å². The molecular weight excluding hydrogens is 286 g/mol. The molecule has 2 atom stereocenters. The van der Waals surface area contributed by atoms with Crippen molar-refractivity contribution in [1.82, 2.24) is 14.7 Å². The molecular formula is C15H21N3O4. The zero-order valence-electron chi connectivity index (χ0n) is 12.9. The number of fused-ring (bicyclic) bond motifs is 1. The number of nitrogens with zero attached hydrogens (tertiary/aromatic N) is 2. The molecule has 7 nitrogen and oxygen atoms in total. The zero-order chi connectivity index (χ0) is 16.3. The van der Waals surface area contributed by atoms with E-state index in [-0.39, 0.29) is 6.54 Å². The highest BCUT2D eigenvalue weighted by Crippen LogP contribution is 2.18. The number of imidazole rings is 1. The number of hydrogen-bond acceptors (Lipinski definition) is 5. The van der Waals surface area contributed by atoms with Gasteiger partial charge in [-0.25, -0.2) is 9.78 Å². The third-order valence-electron chi connectivity index (χ3n) is 2.97. The van der Waals surface area contributed by atoms with Crippen molar-refractivity contribution in [1.29, 1.82) is 0 Å². The maximum Gasteiger partial charge on any atom is 0.407 e. The molecule has 1 amide bonds. The van der Waals surface area contributed by atoms with E-state index in [1.54, 1.807) is 43.5 Å². The van der Waals surface area contributed by atoms with Gasteiger partial charge in [0.15, 0.2) is 0 Å². The topological polar surface area (TPSA) is 96.1 Å². The Kier molecular flexibility index (Phi) is 4.68. The lowest BCUT2D eigenvalue weighted by molar-refractivity contribution is 0.0105. The molecule has 2 heterocycles. The van der Waals surface area contributed by atoms with Gasteiger partial charge >= 0.3 is 6.09 Å². The fraction of sp³-hybridized carbons (Fsp3) is 0.467. The normalized spacial score (nSPS) is 14.6. The van der Waals surface area contributed by atoms with Gasteiger partial charge in [-0.3, -0.25) is 0 Å². The molecule has 2 unspecified atom stereocenters. The van der Waals surface area contributed by atoms with Crippen molar-refractivity contribution in [3.8, 4) is 0 Å². The van der Waals surface area contributed by atoms with Crippen molar-refractivity contribution in [3.63, 3.8) is 0 Å². The molecule has 7 heteroatoms. The van der Waals surface area contributed by atoms with Crippen molar-refractivity contribution in [3.05, 3.63) is 36.3 Å². The number of pyridine rings is 1. The molecule has 0 fully saturated rings. The Balaban J connectivity index is 1.98. The lowest BCUT2D eigenvalue weighted by Gasteiger charge is -2.22. The van der Waals surface area contributed by atoms with Gasteiger partial charge in [0, 0.05) is 12.7 Å². The number of aliphatic hydroxyl groups excluding tert-OH is 2. The van der Waals surface area contributed by atoms with Crippen LogP contribution in [0.5, 0.6) is 0 Å². The summed E-state index contributed by atoms with van der Waals surface area (Å²) in [5.74, 6) is 0. The Morgan fingerprint density at radius 3 is 2.82 bits per heavy atom. The minimum Gasteiger partial charge on any atom is -0.444 e. The molecule has 0 aliphatic heterocycles. The molecule has 0 aliphatic carbocycles. The first-order valence-electron chi connectivity index (χ1n) is 7.03. The number of aromatic nitrogens is 2. The molecule has 2 rings (SSSR count). The summed E-state index contributed by atoms with van der Waals surface area (Å²) in [5, 5.41) is 22.7. The quantitative estimate of drug-likeness (QED) is 0.790. The number of aliphatic hydroxyl groups is 2. The molecule has 22 heavy (non-hydrogen) atoms. The number of amides is 1. The standard InChI is InChI=1S/C15H21N3O4/c1-15(2,3)22-14(21)17-9-11(19)13(20)10-8-16-12-6-4-5-7-18(10)12/h4-8,11,13,19-20H,9H2,1-3H3,(H,17,21). The smallest absolute Gasteiger partial charge is 0.407 e. The fourth-order valence-corrected chi connectivity index (χ4v) is 1.98. The van der Waals surface area contributed by atoms with Crippen molar-refractivity contribution in [2.45, 2.75) is 38.6 Å². The van der Waals surface area contributed by atoms with Gasteiger partial charge in [0.25, 0.3) is 0 Å². The first-order chi connectivity index (χ1) is 10.3. The predicted molar refractivity (Wildman–Crippen MR) is 80.4 cm³/mol. The van der Waals surface area contributed by atoms with Gasteiger partial charge in [0.1, 0.15) is 23.5 Å². The van der Waals surface area contributed by atoms with Crippen molar-refractivity contribution >= 4 is 11.7 Å². The van der Waals surface area contributed by atoms with Crippen LogP contribution in [0.3, 0.4) is 0 Å². The second-order valence-corrected chi connectivity index (χ2v) is 6.01. The third kappa shape index (κ3) is 3.96. The van der Waals surface area contributed by atoms with E-state index in [1.165, 1.54) is 6.20 Å². The van der Waals surface area contributed by atoms with Crippen LogP contribution < -0.4 is 5.32 Å². The predicted octanol–water partition coefficient (Wildman–Crippen LogP) is 1.25. The summed E-state index contributed by atoms with van der Waals surface area (Å²) in [5.41, 5.74) is 0.507. The summed E-state index contributed by atoms with van der Waals surface area (Å²) in [6.45, 7) is 5.11. The maximum atomic E-state index is 11.5. The molecule has 120 valence electrons. The van der Waals surface area contributed by atoms with Crippen molar-refractivity contribution in [2.75, 3.05) is 6.54 Å². The van der Waals surface area contributed by atoms with E-state index in [1.807, 2.05) is 6.07 Å². The van der Waals surface area contributed by atoms with Gasteiger partial charge < -0.3 is 24.7 Å². The van der Waals surface area contributed by atoms with Gasteiger partial charge in [0.2, 0.25) is 0 Å². The lowest BCUT2D eigenvalue weighted by Crippen LogP contribution is -2.39. The Morgan fingerprint density at radius 2 is 2.14 bits per heavy atom. The SMILES string of the molecule is CC(C)(C)OC(=O)NCC(O)C(O)c1cnc2ccccn12. The molecule has 2 aromatic heterocycles. The van der Waals surface area contributed by atoms with E-state index < -0.39 is 23.9 Å². The summed E-state index contributed by atoms with van der Waals surface area (Å²) < 4.78 is 6.75. The van der Waals surface area contributed by atoms with Crippen LogP contribution in [0.25, 0.3) is 5.65 Å². The van der Waals surface area contributed by atoms with E-state index in [2.05, 4.69) is 10.3 Å². The van der Waals surface area contributed by atoms with E-state index in [4.69, 9.17) is 4.74 Å².